The minimum atomic E-state index is -2.36. The van der Waals surface area contributed by atoms with Crippen LogP contribution in [-0.2, 0) is 13.3 Å². The summed E-state index contributed by atoms with van der Waals surface area (Å²) in [5.74, 6) is 0.699. The van der Waals surface area contributed by atoms with Gasteiger partial charge in [0.15, 0.2) is 0 Å². The van der Waals surface area contributed by atoms with E-state index in [0.717, 1.165) is 12.5 Å². The average molecular weight is 264 g/mol. The summed E-state index contributed by atoms with van der Waals surface area (Å²) in [4.78, 5) is 0. The molecular weight excluding hydrogens is 240 g/mol. The van der Waals surface area contributed by atoms with E-state index < -0.39 is 8.80 Å². The Morgan fingerprint density at radius 3 is 2.12 bits per heavy atom. The molecule has 1 aliphatic rings. The van der Waals surface area contributed by atoms with E-state index >= 15 is 0 Å². The molecule has 3 nitrogen and oxygen atoms in total. The first-order valence-corrected chi connectivity index (χ1v) is 8.46. The van der Waals surface area contributed by atoms with Gasteiger partial charge in [0, 0.05) is 32.6 Å². The van der Waals surface area contributed by atoms with Gasteiger partial charge in [0.1, 0.15) is 0 Å². The summed E-state index contributed by atoms with van der Waals surface area (Å²) in [5.41, 5.74) is 0. The van der Waals surface area contributed by atoms with Gasteiger partial charge >= 0.3 is 8.80 Å². The smallest absolute Gasteiger partial charge is 0.377 e. The van der Waals surface area contributed by atoms with Crippen molar-refractivity contribution >= 4 is 21.4 Å². The van der Waals surface area contributed by atoms with Crippen LogP contribution in [0.2, 0.25) is 6.04 Å². The summed E-state index contributed by atoms with van der Waals surface area (Å²) < 4.78 is 16.3. The Balaban J connectivity index is 2.41. The molecule has 0 amide bonds. The first kappa shape index (κ1) is 14.5. The first-order valence-electron chi connectivity index (χ1n) is 6.01. The van der Waals surface area contributed by atoms with Crippen LogP contribution >= 0.6 is 12.6 Å². The van der Waals surface area contributed by atoms with Crippen molar-refractivity contribution in [1.82, 2.24) is 0 Å². The zero-order valence-electron chi connectivity index (χ0n) is 10.6. The monoisotopic (exact) mass is 264 g/mol. The molecule has 16 heavy (non-hydrogen) atoms. The van der Waals surface area contributed by atoms with Crippen LogP contribution in [0.5, 0.6) is 0 Å². The largest absolute Gasteiger partial charge is 0.500 e. The normalized spacial score (nSPS) is 27.0. The Kier molecular flexibility index (Phi) is 6.36. The molecule has 1 fully saturated rings. The Bertz CT molecular complexity index is 191. The summed E-state index contributed by atoms with van der Waals surface area (Å²) in [6, 6.07) is 0.901. The third-order valence-electron chi connectivity index (χ3n) is 3.62. The van der Waals surface area contributed by atoms with Crippen LogP contribution in [0.25, 0.3) is 0 Å². The Morgan fingerprint density at radius 2 is 1.62 bits per heavy atom. The van der Waals surface area contributed by atoms with Gasteiger partial charge in [-0.1, -0.05) is 12.8 Å². The van der Waals surface area contributed by atoms with Gasteiger partial charge in [0.2, 0.25) is 0 Å². The standard InChI is InChI=1S/C11H24O3SSi/c1-12-16(13-2,14-3)9-8-10-6-4-5-7-11(10)15/h10-11,15H,4-9H2,1-3H3. The highest BCUT2D eigenvalue weighted by atomic mass is 32.1. The highest BCUT2D eigenvalue weighted by Crippen LogP contribution is 2.33. The van der Waals surface area contributed by atoms with Gasteiger partial charge in [-0.2, -0.15) is 12.6 Å². The second-order valence-electron chi connectivity index (χ2n) is 4.45. The van der Waals surface area contributed by atoms with Crippen molar-refractivity contribution in [3.05, 3.63) is 0 Å². The Morgan fingerprint density at radius 1 is 1.06 bits per heavy atom. The van der Waals surface area contributed by atoms with E-state index in [1.54, 1.807) is 21.3 Å². The predicted octanol–water partition coefficient (Wildman–Crippen LogP) is 2.74. The highest BCUT2D eigenvalue weighted by molar-refractivity contribution is 7.81. The second kappa shape index (κ2) is 7.01. The molecule has 1 aliphatic carbocycles. The van der Waals surface area contributed by atoms with Gasteiger partial charge in [-0.3, -0.25) is 0 Å². The van der Waals surface area contributed by atoms with Crippen molar-refractivity contribution in [3.8, 4) is 0 Å². The molecule has 1 saturated carbocycles. The molecule has 0 aromatic rings. The molecule has 0 aromatic heterocycles. The SMILES string of the molecule is CO[Si](CCC1CCCCC1S)(OC)OC. The second-order valence-corrected chi connectivity index (χ2v) is 8.20. The fourth-order valence-electron chi connectivity index (χ4n) is 2.44. The highest BCUT2D eigenvalue weighted by Gasteiger charge is 2.38. The number of rotatable bonds is 6. The van der Waals surface area contributed by atoms with Gasteiger partial charge in [0.05, 0.1) is 0 Å². The molecular formula is C11H24O3SSi. The van der Waals surface area contributed by atoms with Gasteiger partial charge in [-0.05, 0) is 25.2 Å². The predicted molar refractivity (Wildman–Crippen MR) is 70.9 cm³/mol. The first-order chi connectivity index (χ1) is 7.67. The van der Waals surface area contributed by atoms with Gasteiger partial charge < -0.3 is 13.3 Å². The molecule has 0 radical (unpaired) electrons. The molecule has 2 atom stereocenters. The molecule has 0 spiro atoms. The van der Waals surface area contributed by atoms with Crippen molar-refractivity contribution < 1.29 is 13.3 Å². The van der Waals surface area contributed by atoms with Crippen molar-refractivity contribution in [2.45, 2.75) is 43.4 Å². The molecule has 0 aliphatic heterocycles. The number of hydrogen-bond donors (Lipinski definition) is 1. The molecule has 0 bridgehead atoms. The van der Waals surface area contributed by atoms with Crippen molar-refractivity contribution in [3.63, 3.8) is 0 Å². The van der Waals surface area contributed by atoms with E-state index in [2.05, 4.69) is 12.6 Å². The summed E-state index contributed by atoms with van der Waals surface area (Å²) >= 11 is 4.67. The van der Waals surface area contributed by atoms with E-state index in [1.165, 1.54) is 25.7 Å². The van der Waals surface area contributed by atoms with E-state index in [1.807, 2.05) is 0 Å². The average Bonchev–Trinajstić information content (AvgIpc) is 2.34. The lowest BCUT2D eigenvalue weighted by Crippen LogP contribution is -2.43. The third-order valence-corrected chi connectivity index (χ3v) is 7.07. The minimum Gasteiger partial charge on any atom is -0.377 e. The van der Waals surface area contributed by atoms with Crippen LogP contribution in [0, 0.1) is 5.92 Å². The zero-order valence-corrected chi connectivity index (χ0v) is 12.5. The van der Waals surface area contributed by atoms with E-state index in [-0.39, 0.29) is 0 Å². The molecule has 2 unspecified atom stereocenters. The third kappa shape index (κ3) is 3.73. The van der Waals surface area contributed by atoms with Gasteiger partial charge in [-0.15, -0.1) is 0 Å². The summed E-state index contributed by atoms with van der Waals surface area (Å²) in [6.07, 6.45) is 6.30. The molecule has 0 heterocycles. The molecule has 0 saturated heterocycles. The molecule has 5 heteroatoms. The summed E-state index contributed by atoms with van der Waals surface area (Å²) in [6.45, 7) is 0. The van der Waals surface area contributed by atoms with Crippen LogP contribution in [0.4, 0.5) is 0 Å². The lowest BCUT2D eigenvalue weighted by atomic mass is 9.87. The van der Waals surface area contributed by atoms with Crippen LogP contribution in [0.1, 0.15) is 32.1 Å². The maximum atomic E-state index is 5.43. The van der Waals surface area contributed by atoms with Crippen molar-refractivity contribution in [2.24, 2.45) is 5.92 Å². The van der Waals surface area contributed by atoms with E-state index in [9.17, 15) is 0 Å². The number of hydrogen-bond acceptors (Lipinski definition) is 4. The molecule has 0 N–H and O–H groups in total. The van der Waals surface area contributed by atoms with Crippen LogP contribution in [0.15, 0.2) is 0 Å². The maximum absolute atomic E-state index is 5.43. The topological polar surface area (TPSA) is 27.7 Å². The summed E-state index contributed by atoms with van der Waals surface area (Å²) in [7, 11) is 2.67. The quantitative estimate of drug-likeness (QED) is 0.590. The van der Waals surface area contributed by atoms with E-state index in [0.29, 0.717) is 11.2 Å². The lowest BCUT2D eigenvalue weighted by Gasteiger charge is -2.31. The van der Waals surface area contributed by atoms with Crippen LogP contribution in [0.3, 0.4) is 0 Å². The molecule has 96 valence electrons. The Hall–Kier alpha value is 0.447. The van der Waals surface area contributed by atoms with Gasteiger partial charge in [-0.25, -0.2) is 0 Å². The minimum absolute atomic E-state index is 0.547. The van der Waals surface area contributed by atoms with Crippen LogP contribution in [-0.4, -0.2) is 35.4 Å². The number of thiol groups is 1. The van der Waals surface area contributed by atoms with E-state index in [4.69, 9.17) is 13.3 Å². The molecule has 1 rings (SSSR count). The fourth-order valence-corrected chi connectivity index (χ4v) is 4.76. The van der Waals surface area contributed by atoms with Gasteiger partial charge in [0.25, 0.3) is 0 Å². The molecule has 0 aromatic carbocycles. The fraction of sp³-hybridized carbons (Fsp3) is 1.00. The maximum Gasteiger partial charge on any atom is 0.500 e. The summed E-state index contributed by atoms with van der Waals surface area (Å²) in [5, 5.41) is 0.547. The lowest BCUT2D eigenvalue weighted by molar-refractivity contribution is 0.120. The zero-order chi connectivity index (χ0) is 12.0. The van der Waals surface area contributed by atoms with Crippen molar-refractivity contribution in [2.75, 3.05) is 21.3 Å². The van der Waals surface area contributed by atoms with Crippen LogP contribution < -0.4 is 0 Å². The van der Waals surface area contributed by atoms with Crippen molar-refractivity contribution in [1.29, 1.82) is 0 Å². The Labute approximate surface area is 106 Å².